The van der Waals surface area contributed by atoms with Crippen LogP contribution in [0.1, 0.15) is 29.0 Å². The van der Waals surface area contributed by atoms with E-state index in [9.17, 15) is 9.59 Å². The zero-order valence-electron chi connectivity index (χ0n) is 15.5. The minimum absolute atomic E-state index is 0.0752. The molecule has 26 heavy (non-hydrogen) atoms. The number of likely N-dealkylation sites (tertiary alicyclic amines) is 1. The van der Waals surface area contributed by atoms with Gasteiger partial charge in [0.05, 0.1) is 6.54 Å². The fourth-order valence-electron chi connectivity index (χ4n) is 4.27. The number of piperidine rings is 1. The molecule has 1 aromatic rings. The summed E-state index contributed by atoms with van der Waals surface area (Å²) in [5.41, 5.74) is 0. The van der Waals surface area contributed by atoms with Crippen molar-refractivity contribution in [2.75, 3.05) is 46.3 Å². The number of hydrogen-bond donors (Lipinski definition) is 0. The molecule has 0 aromatic carbocycles. The van der Waals surface area contributed by atoms with Crippen LogP contribution in [0.2, 0.25) is 0 Å². The molecule has 0 spiro atoms. The number of fused-ring (bicyclic) bond motifs is 1. The summed E-state index contributed by atoms with van der Waals surface area (Å²) in [7, 11) is 1.72. The molecular formula is C19H28N4O2S. The summed E-state index contributed by atoms with van der Waals surface area (Å²) in [5, 5.41) is 0. The largest absolute Gasteiger partial charge is 0.335 e. The maximum absolute atomic E-state index is 12.4. The lowest BCUT2D eigenvalue weighted by atomic mass is 10.1. The van der Waals surface area contributed by atoms with E-state index in [1.54, 1.807) is 16.8 Å². The Bertz CT molecular complexity index is 670. The third-order valence-electron chi connectivity index (χ3n) is 5.74. The number of hydrogen-bond acceptors (Lipinski definition) is 5. The van der Waals surface area contributed by atoms with Gasteiger partial charge in [0.25, 0.3) is 0 Å². The van der Waals surface area contributed by atoms with Gasteiger partial charge in [0.1, 0.15) is 6.04 Å². The second-order valence-electron chi connectivity index (χ2n) is 7.74. The molecule has 3 saturated heterocycles. The van der Waals surface area contributed by atoms with Crippen LogP contribution in [0, 0.1) is 0 Å². The minimum Gasteiger partial charge on any atom is -0.335 e. The molecule has 0 radical (unpaired) electrons. The normalized spacial score (nSPS) is 25.7. The third kappa shape index (κ3) is 3.80. The van der Waals surface area contributed by atoms with Crippen LogP contribution in [0.3, 0.4) is 0 Å². The third-order valence-corrected chi connectivity index (χ3v) is 6.80. The molecule has 0 unspecified atom stereocenters. The summed E-state index contributed by atoms with van der Waals surface area (Å²) < 4.78 is 0. The van der Waals surface area contributed by atoms with E-state index in [1.807, 2.05) is 11.3 Å². The number of rotatable bonds is 4. The van der Waals surface area contributed by atoms with Crippen molar-refractivity contribution in [2.24, 2.45) is 0 Å². The van der Waals surface area contributed by atoms with E-state index in [1.165, 1.54) is 42.1 Å². The number of carbonyl (C=O) groups is 2. The molecule has 7 heteroatoms. The monoisotopic (exact) mass is 376 g/mol. The molecule has 4 heterocycles. The first-order valence-electron chi connectivity index (χ1n) is 9.67. The van der Waals surface area contributed by atoms with Gasteiger partial charge in [-0.1, -0.05) is 6.42 Å². The van der Waals surface area contributed by atoms with Gasteiger partial charge >= 0.3 is 0 Å². The van der Waals surface area contributed by atoms with E-state index in [4.69, 9.17) is 0 Å². The molecule has 0 N–H and O–H groups in total. The van der Waals surface area contributed by atoms with Gasteiger partial charge in [-0.2, -0.15) is 0 Å². The summed E-state index contributed by atoms with van der Waals surface area (Å²) in [5.74, 6) is 0.156. The van der Waals surface area contributed by atoms with Crippen molar-refractivity contribution in [2.45, 2.75) is 38.4 Å². The number of amides is 2. The van der Waals surface area contributed by atoms with Crippen molar-refractivity contribution in [1.29, 1.82) is 0 Å². The SMILES string of the molecule is CN1CC(=O)N2CCN(Cc3ccc(CN4CCCCC4)s3)C[C@@H]2C1=O. The van der Waals surface area contributed by atoms with Crippen molar-refractivity contribution in [3.05, 3.63) is 21.9 Å². The Kier molecular flexibility index (Phi) is 5.29. The van der Waals surface area contributed by atoms with Gasteiger partial charge < -0.3 is 9.80 Å². The van der Waals surface area contributed by atoms with Gasteiger partial charge in [0, 0.05) is 49.5 Å². The molecule has 3 aliphatic heterocycles. The molecule has 1 aromatic heterocycles. The van der Waals surface area contributed by atoms with E-state index in [0.29, 0.717) is 13.1 Å². The van der Waals surface area contributed by atoms with E-state index in [2.05, 4.69) is 21.9 Å². The Morgan fingerprint density at radius 2 is 1.65 bits per heavy atom. The van der Waals surface area contributed by atoms with E-state index < -0.39 is 0 Å². The highest BCUT2D eigenvalue weighted by atomic mass is 32.1. The Labute approximate surface area is 159 Å². The number of likely N-dealkylation sites (N-methyl/N-ethyl adjacent to an activating group) is 1. The smallest absolute Gasteiger partial charge is 0.246 e. The average molecular weight is 377 g/mol. The first kappa shape index (κ1) is 17.9. The molecule has 0 bridgehead atoms. The maximum atomic E-state index is 12.4. The van der Waals surface area contributed by atoms with Gasteiger partial charge in [-0.05, 0) is 38.1 Å². The second-order valence-corrected chi connectivity index (χ2v) is 8.99. The number of carbonyl (C=O) groups excluding carboxylic acids is 2. The predicted molar refractivity (Wildman–Crippen MR) is 102 cm³/mol. The zero-order valence-corrected chi connectivity index (χ0v) is 16.3. The molecular weight excluding hydrogens is 348 g/mol. The van der Waals surface area contributed by atoms with E-state index >= 15 is 0 Å². The highest BCUT2D eigenvalue weighted by molar-refractivity contribution is 7.11. The van der Waals surface area contributed by atoms with E-state index in [-0.39, 0.29) is 24.4 Å². The van der Waals surface area contributed by atoms with Crippen LogP contribution in [-0.2, 0) is 22.7 Å². The minimum atomic E-state index is -0.303. The maximum Gasteiger partial charge on any atom is 0.246 e. The molecule has 0 saturated carbocycles. The number of nitrogens with zero attached hydrogens (tertiary/aromatic N) is 4. The fraction of sp³-hybridized carbons (Fsp3) is 0.684. The van der Waals surface area contributed by atoms with Crippen molar-refractivity contribution in [3.63, 3.8) is 0 Å². The van der Waals surface area contributed by atoms with Gasteiger partial charge in [0.2, 0.25) is 11.8 Å². The highest BCUT2D eigenvalue weighted by Crippen LogP contribution is 2.24. The lowest BCUT2D eigenvalue weighted by Crippen LogP contribution is -2.65. The van der Waals surface area contributed by atoms with Gasteiger partial charge in [-0.15, -0.1) is 11.3 Å². The summed E-state index contributed by atoms with van der Waals surface area (Å²) >= 11 is 1.89. The van der Waals surface area contributed by atoms with Crippen LogP contribution in [0.25, 0.3) is 0 Å². The summed E-state index contributed by atoms with van der Waals surface area (Å²) in [6.07, 6.45) is 4.02. The van der Waals surface area contributed by atoms with E-state index in [0.717, 1.165) is 19.6 Å². The summed E-state index contributed by atoms with van der Waals surface area (Å²) in [6, 6.07) is 4.19. The van der Waals surface area contributed by atoms with Crippen LogP contribution in [0.15, 0.2) is 12.1 Å². The molecule has 2 amide bonds. The topological polar surface area (TPSA) is 47.1 Å². The summed E-state index contributed by atoms with van der Waals surface area (Å²) in [4.78, 5) is 35.6. The van der Waals surface area contributed by atoms with Gasteiger partial charge in [-0.25, -0.2) is 0 Å². The van der Waals surface area contributed by atoms with Crippen molar-refractivity contribution < 1.29 is 9.59 Å². The van der Waals surface area contributed by atoms with Crippen LogP contribution in [0.5, 0.6) is 0 Å². The molecule has 0 aliphatic carbocycles. The Morgan fingerprint density at radius 1 is 0.962 bits per heavy atom. The fourth-order valence-corrected chi connectivity index (χ4v) is 5.37. The molecule has 6 nitrogen and oxygen atoms in total. The first-order valence-corrected chi connectivity index (χ1v) is 10.5. The number of thiophene rings is 1. The molecule has 3 fully saturated rings. The molecule has 1 atom stereocenters. The van der Waals surface area contributed by atoms with Crippen LogP contribution >= 0.6 is 11.3 Å². The molecule has 4 rings (SSSR count). The van der Waals surface area contributed by atoms with Crippen molar-refractivity contribution in [3.8, 4) is 0 Å². The van der Waals surface area contributed by atoms with Gasteiger partial charge in [0.15, 0.2) is 0 Å². The Balaban J connectivity index is 1.34. The van der Waals surface area contributed by atoms with Crippen molar-refractivity contribution >= 4 is 23.2 Å². The quantitative estimate of drug-likeness (QED) is 0.793. The molecule has 3 aliphatic rings. The number of piperazine rings is 2. The lowest BCUT2D eigenvalue weighted by Gasteiger charge is -2.45. The second kappa shape index (κ2) is 7.66. The lowest BCUT2D eigenvalue weighted by molar-refractivity contribution is -0.158. The van der Waals surface area contributed by atoms with Crippen LogP contribution in [-0.4, -0.2) is 83.8 Å². The standard InChI is InChI=1S/C19H28N4O2S/c1-20-14-18(24)23-10-9-22(13-17(23)19(20)25)12-16-6-5-15(26-16)11-21-7-3-2-4-8-21/h5-6,17H,2-4,7-14H2,1H3/t17-/m1/s1. The highest BCUT2D eigenvalue weighted by Gasteiger charge is 2.41. The first-order chi connectivity index (χ1) is 12.6. The average Bonchev–Trinajstić information content (AvgIpc) is 3.07. The van der Waals surface area contributed by atoms with Crippen molar-refractivity contribution in [1.82, 2.24) is 19.6 Å². The molecule has 142 valence electrons. The zero-order chi connectivity index (χ0) is 18.1. The van der Waals surface area contributed by atoms with Crippen LogP contribution < -0.4 is 0 Å². The Morgan fingerprint density at radius 3 is 2.38 bits per heavy atom. The van der Waals surface area contributed by atoms with Crippen LogP contribution in [0.4, 0.5) is 0 Å². The summed E-state index contributed by atoms with van der Waals surface area (Å²) in [6.45, 7) is 6.77. The van der Waals surface area contributed by atoms with Gasteiger partial charge in [-0.3, -0.25) is 19.4 Å². The Hall–Kier alpha value is -1.44. The predicted octanol–water partition coefficient (Wildman–Crippen LogP) is 1.22.